The van der Waals surface area contributed by atoms with Crippen LogP contribution in [0.3, 0.4) is 0 Å². The third-order valence-electron chi connectivity index (χ3n) is 6.11. The van der Waals surface area contributed by atoms with E-state index in [2.05, 4.69) is 62.8 Å². The Hall–Kier alpha value is -1.20. The van der Waals surface area contributed by atoms with Gasteiger partial charge >= 0.3 is 0 Å². The molecule has 152 valence electrons. The Labute approximate surface area is 165 Å². The fourth-order valence-corrected chi connectivity index (χ4v) is 4.16. The maximum atomic E-state index is 4.82. The van der Waals surface area contributed by atoms with E-state index < -0.39 is 0 Å². The zero-order chi connectivity index (χ0) is 19.6. The Morgan fingerprint density at radius 3 is 2.19 bits per heavy atom. The number of nitrogens with zero attached hydrogens (tertiary/aromatic N) is 4. The molecule has 0 bridgehead atoms. The maximum Gasteiger partial charge on any atom is 0.133 e. The summed E-state index contributed by atoms with van der Waals surface area (Å²) in [7, 11) is 2.24. The molecule has 0 amide bonds. The van der Waals surface area contributed by atoms with Crippen LogP contribution in [0.2, 0.25) is 0 Å². The van der Waals surface area contributed by atoms with Crippen molar-refractivity contribution in [2.24, 2.45) is 0 Å². The van der Waals surface area contributed by atoms with E-state index in [9.17, 15) is 0 Å². The molecule has 0 spiro atoms. The summed E-state index contributed by atoms with van der Waals surface area (Å²) in [5.74, 6) is 2.31. The van der Waals surface area contributed by atoms with E-state index in [1.54, 1.807) is 0 Å². The zero-order valence-electron chi connectivity index (χ0n) is 18.3. The molecule has 3 rings (SSSR count). The highest BCUT2D eigenvalue weighted by Crippen LogP contribution is 2.26. The SMILES string of the molecule is CC(C)c1nc(NC2CCN(C3CCN(C)CC3)CC2)cc(C(C)(C)C)n1. The third-order valence-corrected chi connectivity index (χ3v) is 6.11. The first kappa shape index (κ1) is 20.5. The standard InChI is InChI=1S/C22H39N5/c1-16(2)21-24-19(22(3,4)5)15-20(25-21)23-17-7-13-27(14-8-17)18-9-11-26(6)12-10-18/h15-18H,7-14H2,1-6H3,(H,23,24,25). The normalized spacial score (nSPS) is 21.7. The molecule has 0 atom stereocenters. The Kier molecular flexibility index (Phi) is 6.42. The minimum absolute atomic E-state index is 0.0422. The number of hydrogen-bond acceptors (Lipinski definition) is 5. The van der Waals surface area contributed by atoms with Crippen LogP contribution < -0.4 is 5.32 Å². The van der Waals surface area contributed by atoms with Crippen LogP contribution in [0.15, 0.2) is 6.07 Å². The van der Waals surface area contributed by atoms with Crippen molar-refractivity contribution in [2.45, 2.75) is 83.7 Å². The lowest BCUT2D eigenvalue weighted by Gasteiger charge is -2.41. The summed E-state index contributed by atoms with van der Waals surface area (Å²) in [6, 6.07) is 3.48. The number of nitrogens with one attached hydrogen (secondary N) is 1. The second kappa shape index (κ2) is 8.44. The largest absolute Gasteiger partial charge is 0.367 e. The second-order valence-electron chi connectivity index (χ2n) is 9.89. The van der Waals surface area contributed by atoms with Gasteiger partial charge in [-0.3, -0.25) is 0 Å². The van der Waals surface area contributed by atoms with Crippen LogP contribution in [-0.2, 0) is 5.41 Å². The van der Waals surface area contributed by atoms with Crippen LogP contribution >= 0.6 is 0 Å². The van der Waals surface area contributed by atoms with E-state index in [1.807, 2.05) is 0 Å². The summed E-state index contributed by atoms with van der Waals surface area (Å²) >= 11 is 0. The van der Waals surface area contributed by atoms with Crippen molar-refractivity contribution in [3.8, 4) is 0 Å². The molecule has 2 fully saturated rings. The van der Waals surface area contributed by atoms with Gasteiger partial charge in [0.05, 0.1) is 5.69 Å². The molecule has 2 saturated heterocycles. The molecule has 3 heterocycles. The van der Waals surface area contributed by atoms with Crippen LogP contribution in [0.25, 0.3) is 0 Å². The van der Waals surface area contributed by atoms with E-state index in [1.165, 1.54) is 51.9 Å². The quantitative estimate of drug-likeness (QED) is 0.868. The fourth-order valence-electron chi connectivity index (χ4n) is 4.16. The first-order valence-corrected chi connectivity index (χ1v) is 10.8. The predicted octanol–water partition coefficient (Wildman–Crippen LogP) is 3.87. The molecule has 27 heavy (non-hydrogen) atoms. The van der Waals surface area contributed by atoms with E-state index in [4.69, 9.17) is 9.97 Å². The molecular weight excluding hydrogens is 334 g/mol. The monoisotopic (exact) mass is 373 g/mol. The van der Waals surface area contributed by atoms with Gasteiger partial charge in [-0.15, -0.1) is 0 Å². The van der Waals surface area contributed by atoms with Crippen molar-refractivity contribution in [1.29, 1.82) is 0 Å². The maximum absolute atomic E-state index is 4.82. The predicted molar refractivity (Wildman–Crippen MR) is 114 cm³/mol. The second-order valence-corrected chi connectivity index (χ2v) is 9.89. The summed E-state index contributed by atoms with van der Waals surface area (Å²) in [6.45, 7) is 15.9. The minimum Gasteiger partial charge on any atom is -0.367 e. The van der Waals surface area contributed by atoms with Gasteiger partial charge in [0.1, 0.15) is 11.6 Å². The highest BCUT2D eigenvalue weighted by molar-refractivity contribution is 5.39. The number of piperidine rings is 2. The summed E-state index contributed by atoms with van der Waals surface area (Å²) in [5, 5.41) is 3.73. The molecule has 0 radical (unpaired) electrons. The van der Waals surface area contributed by atoms with Crippen molar-refractivity contribution < 1.29 is 0 Å². The van der Waals surface area contributed by atoms with E-state index >= 15 is 0 Å². The van der Waals surface area contributed by atoms with Crippen LogP contribution in [0.5, 0.6) is 0 Å². The Morgan fingerprint density at radius 1 is 1.00 bits per heavy atom. The summed E-state index contributed by atoms with van der Waals surface area (Å²) in [5.41, 5.74) is 1.17. The molecular formula is C22H39N5. The molecule has 5 heteroatoms. The van der Waals surface area contributed by atoms with Gasteiger partial charge in [-0.25, -0.2) is 9.97 Å². The Bertz CT molecular complexity index is 606. The van der Waals surface area contributed by atoms with Crippen molar-refractivity contribution >= 4 is 5.82 Å². The lowest BCUT2D eigenvalue weighted by molar-refractivity contribution is 0.0993. The van der Waals surface area contributed by atoms with Gasteiger partial charge in [0.25, 0.3) is 0 Å². The van der Waals surface area contributed by atoms with Crippen LogP contribution in [0, 0.1) is 0 Å². The molecule has 5 nitrogen and oxygen atoms in total. The van der Waals surface area contributed by atoms with Gasteiger partial charge < -0.3 is 15.1 Å². The summed E-state index contributed by atoms with van der Waals surface area (Å²) < 4.78 is 0. The molecule has 0 aromatic carbocycles. The summed E-state index contributed by atoms with van der Waals surface area (Å²) in [6.07, 6.45) is 5.07. The number of hydrogen-bond donors (Lipinski definition) is 1. The van der Waals surface area contributed by atoms with E-state index in [0.29, 0.717) is 12.0 Å². The minimum atomic E-state index is 0.0422. The first-order valence-electron chi connectivity index (χ1n) is 10.8. The molecule has 2 aliphatic rings. The Balaban J connectivity index is 1.60. The molecule has 2 aliphatic heterocycles. The fraction of sp³-hybridized carbons (Fsp3) is 0.818. The topological polar surface area (TPSA) is 44.3 Å². The molecule has 0 saturated carbocycles. The number of likely N-dealkylation sites (tertiary alicyclic amines) is 2. The summed E-state index contributed by atoms with van der Waals surface area (Å²) in [4.78, 5) is 14.8. The average Bonchev–Trinajstić information content (AvgIpc) is 2.62. The Morgan fingerprint density at radius 2 is 1.63 bits per heavy atom. The number of rotatable bonds is 4. The lowest BCUT2D eigenvalue weighted by Crippen LogP contribution is -2.48. The van der Waals surface area contributed by atoms with Gasteiger partial charge in [-0.05, 0) is 45.8 Å². The highest BCUT2D eigenvalue weighted by atomic mass is 15.2. The molecule has 0 aliphatic carbocycles. The van der Waals surface area contributed by atoms with Gasteiger partial charge in [0.2, 0.25) is 0 Å². The third kappa shape index (κ3) is 5.41. The van der Waals surface area contributed by atoms with E-state index in [-0.39, 0.29) is 5.41 Å². The van der Waals surface area contributed by atoms with Gasteiger partial charge in [0, 0.05) is 42.6 Å². The average molecular weight is 374 g/mol. The number of aromatic nitrogens is 2. The van der Waals surface area contributed by atoms with Crippen molar-refractivity contribution in [1.82, 2.24) is 19.8 Å². The number of anilines is 1. The van der Waals surface area contributed by atoms with E-state index in [0.717, 1.165) is 23.4 Å². The zero-order valence-corrected chi connectivity index (χ0v) is 18.3. The van der Waals surface area contributed by atoms with Gasteiger partial charge in [0.15, 0.2) is 0 Å². The molecule has 1 aromatic rings. The van der Waals surface area contributed by atoms with Crippen molar-refractivity contribution in [3.05, 3.63) is 17.6 Å². The van der Waals surface area contributed by atoms with Crippen LogP contribution in [0.1, 0.15) is 77.7 Å². The van der Waals surface area contributed by atoms with Gasteiger partial charge in [-0.1, -0.05) is 34.6 Å². The molecule has 0 unspecified atom stereocenters. The van der Waals surface area contributed by atoms with Crippen LogP contribution in [0.4, 0.5) is 5.82 Å². The van der Waals surface area contributed by atoms with Gasteiger partial charge in [-0.2, -0.15) is 0 Å². The van der Waals surface area contributed by atoms with Crippen molar-refractivity contribution in [3.63, 3.8) is 0 Å². The smallest absolute Gasteiger partial charge is 0.133 e. The lowest BCUT2D eigenvalue weighted by atomic mass is 9.91. The highest BCUT2D eigenvalue weighted by Gasteiger charge is 2.28. The molecule has 1 N–H and O–H groups in total. The van der Waals surface area contributed by atoms with Crippen molar-refractivity contribution in [2.75, 3.05) is 38.5 Å². The first-order chi connectivity index (χ1) is 12.7. The molecule has 1 aromatic heterocycles. The van der Waals surface area contributed by atoms with Crippen LogP contribution in [-0.4, -0.2) is 65.1 Å².